The molecule has 0 saturated carbocycles. The van der Waals surface area contributed by atoms with Crippen molar-refractivity contribution in [3.63, 3.8) is 0 Å². The highest BCUT2D eigenvalue weighted by atomic mass is 13.8. The van der Waals surface area contributed by atoms with Gasteiger partial charge in [-0.1, -0.05) is 24.6 Å². The molecule has 0 heterocycles. The van der Waals surface area contributed by atoms with E-state index in [-0.39, 0.29) is 0 Å². The Labute approximate surface area is 52.7 Å². The van der Waals surface area contributed by atoms with Crippen LogP contribution in [0.25, 0.3) is 0 Å². The van der Waals surface area contributed by atoms with Gasteiger partial charge in [-0.05, 0) is 13.8 Å². The Kier molecular flexibility index (Phi) is 3.33. The van der Waals surface area contributed by atoms with Crippen molar-refractivity contribution in [3.05, 3.63) is 23.2 Å². The third kappa shape index (κ3) is 5.54. The first-order chi connectivity index (χ1) is 3.63. The van der Waals surface area contributed by atoms with Crippen LogP contribution in [0.5, 0.6) is 0 Å². The largest absolute Gasteiger partial charge is 0.133 e. The molecule has 0 atom stereocenters. The van der Waals surface area contributed by atoms with E-state index in [1.165, 1.54) is 11.0 Å². The fourth-order valence-electron chi connectivity index (χ4n) is 0.333. The van der Waals surface area contributed by atoms with Crippen LogP contribution in [0.15, 0.2) is 23.2 Å². The van der Waals surface area contributed by atoms with E-state index in [9.17, 15) is 0 Å². The molecule has 0 aliphatic carbocycles. The SMILES string of the molecule is B/C(C)=C/C=C(C)C. The van der Waals surface area contributed by atoms with Crippen molar-refractivity contribution in [2.45, 2.75) is 20.8 Å². The van der Waals surface area contributed by atoms with Gasteiger partial charge >= 0.3 is 0 Å². The summed E-state index contributed by atoms with van der Waals surface area (Å²) in [5.74, 6) is 0. The topological polar surface area (TPSA) is 0 Å². The Morgan fingerprint density at radius 1 is 1.12 bits per heavy atom. The van der Waals surface area contributed by atoms with Crippen molar-refractivity contribution in [2.75, 3.05) is 0 Å². The minimum atomic E-state index is 1.35. The maximum absolute atomic E-state index is 2.12. The van der Waals surface area contributed by atoms with E-state index >= 15 is 0 Å². The molecule has 0 fully saturated rings. The lowest BCUT2D eigenvalue weighted by Crippen LogP contribution is -1.68. The van der Waals surface area contributed by atoms with Crippen LogP contribution in [-0.4, -0.2) is 7.85 Å². The van der Waals surface area contributed by atoms with Gasteiger partial charge in [0.05, 0.1) is 0 Å². The third-order valence-electron chi connectivity index (χ3n) is 0.750. The normalized spacial score (nSPS) is 11.1. The fraction of sp³-hybridized carbons (Fsp3) is 0.429. The van der Waals surface area contributed by atoms with Crippen molar-refractivity contribution >= 4 is 7.85 Å². The lowest BCUT2D eigenvalue weighted by atomic mass is 9.97. The van der Waals surface area contributed by atoms with Gasteiger partial charge in [-0.2, -0.15) is 0 Å². The molecule has 0 unspecified atom stereocenters. The average Bonchev–Trinajstić information content (AvgIpc) is 1.61. The van der Waals surface area contributed by atoms with Crippen LogP contribution in [0.1, 0.15) is 20.8 Å². The lowest BCUT2D eigenvalue weighted by molar-refractivity contribution is 1.39. The van der Waals surface area contributed by atoms with Crippen LogP contribution in [0.4, 0.5) is 0 Å². The van der Waals surface area contributed by atoms with Crippen LogP contribution in [0, 0.1) is 0 Å². The van der Waals surface area contributed by atoms with E-state index in [1.807, 2.05) is 0 Å². The van der Waals surface area contributed by atoms with Gasteiger partial charge < -0.3 is 0 Å². The minimum Gasteiger partial charge on any atom is -0.113 e. The molecule has 8 heavy (non-hydrogen) atoms. The molecule has 0 aromatic rings. The standard InChI is InChI=1S/C7H13B/c1-6(2)4-5-7(3)8/h4-5H,8H2,1-3H3/b7-5+. The molecule has 0 radical (unpaired) electrons. The van der Waals surface area contributed by atoms with Gasteiger partial charge in [0.15, 0.2) is 0 Å². The summed E-state index contributed by atoms with van der Waals surface area (Å²) in [6.07, 6.45) is 4.24. The number of allylic oxidation sites excluding steroid dienone is 4. The molecule has 0 bridgehead atoms. The van der Waals surface area contributed by atoms with Gasteiger partial charge in [-0.15, -0.1) is 5.47 Å². The van der Waals surface area contributed by atoms with Gasteiger partial charge in [-0.3, -0.25) is 0 Å². The predicted octanol–water partition coefficient (Wildman–Crippen LogP) is 1.49. The van der Waals surface area contributed by atoms with E-state index < -0.39 is 0 Å². The summed E-state index contributed by atoms with van der Waals surface area (Å²) in [5, 5.41) is 0. The van der Waals surface area contributed by atoms with Gasteiger partial charge in [0.2, 0.25) is 0 Å². The Morgan fingerprint density at radius 3 is 1.75 bits per heavy atom. The maximum Gasteiger partial charge on any atom is 0.133 e. The Hall–Kier alpha value is -0.455. The molecule has 1 heteroatoms. The first kappa shape index (κ1) is 7.54. The van der Waals surface area contributed by atoms with E-state index in [0.29, 0.717) is 0 Å². The van der Waals surface area contributed by atoms with Crippen LogP contribution in [-0.2, 0) is 0 Å². The summed E-state index contributed by atoms with van der Waals surface area (Å²) in [6.45, 7) is 6.29. The zero-order valence-corrected chi connectivity index (χ0v) is 6.15. The van der Waals surface area contributed by atoms with Crippen LogP contribution < -0.4 is 0 Å². The van der Waals surface area contributed by atoms with E-state index in [1.54, 1.807) is 0 Å². The van der Waals surface area contributed by atoms with Crippen LogP contribution >= 0.6 is 0 Å². The van der Waals surface area contributed by atoms with Crippen molar-refractivity contribution in [1.29, 1.82) is 0 Å². The second-order valence-corrected chi connectivity index (χ2v) is 2.49. The zero-order valence-electron chi connectivity index (χ0n) is 6.15. The molecule has 0 aliphatic heterocycles. The minimum absolute atomic E-state index is 1.35. The van der Waals surface area contributed by atoms with Crippen molar-refractivity contribution in [1.82, 2.24) is 0 Å². The first-order valence-corrected chi connectivity index (χ1v) is 2.91. The summed E-state index contributed by atoms with van der Waals surface area (Å²) in [4.78, 5) is 0. The number of hydrogen-bond acceptors (Lipinski definition) is 0. The molecule has 0 aromatic heterocycles. The van der Waals surface area contributed by atoms with Crippen molar-refractivity contribution in [2.24, 2.45) is 0 Å². The molecular weight excluding hydrogens is 94.9 g/mol. The molecule has 0 amide bonds. The number of hydrogen-bond donors (Lipinski definition) is 0. The molecular formula is C7H13B. The maximum atomic E-state index is 2.12. The highest BCUT2D eigenvalue weighted by Gasteiger charge is 1.72. The monoisotopic (exact) mass is 108 g/mol. The fourth-order valence-corrected chi connectivity index (χ4v) is 0.333. The molecule has 44 valence electrons. The summed E-state index contributed by atoms with van der Waals surface area (Å²) in [6, 6.07) is 0. The van der Waals surface area contributed by atoms with Gasteiger partial charge in [-0.25, -0.2) is 0 Å². The Balaban J connectivity index is 3.76. The second-order valence-electron chi connectivity index (χ2n) is 2.49. The molecule has 0 N–H and O–H groups in total. The van der Waals surface area contributed by atoms with Crippen molar-refractivity contribution in [3.8, 4) is 0 Å². The summed E-state index contributed by atoms with van der Waals surface area (Å²) in [7, 11) is 2.10. The molecule has 0 aliphatic rings. The van der Waals surface area contributed by atoms with E-state index in [2.05, 4.69) is 40.8 Å². The van der Waals surface area contributed by atoms with Crippen LogP contribution in [0.2, 0.25) is 0 Å². The summed E-state index contributed by atoms with van der Waals surface area (Å²) >= 11 is 0. The van der Waals surface area contributed by atoms with E-state index in [0.717, 1.165) is 0 Å². The van der Waals surface area contributed by atoms with E-state index in [4.69, 9.17) is 0 Å². The third-order valence-corrected chi connectivity index (χ3v) is 0.750. The lowest BCUT2D eigenvalue weighted by Gasteiger charge is -1.84. The van der Waals surface area contributed by atoms with Crippen molar-refractivity contribution < 1.29 is 0 Å². The summed E-state index contributed by atoms with van der Waals surface area (Å²) in [5.41, 5.74) is 2.71. The smallest absolute Gasteiger partial charge is 0.113 e. The molecule has 0 rings (SSSR count). The van der Waals surface area contributed by atoms with Gasteiger partial charge in [0.1, 0.15) is 7.85 Å². The average molecular weight is 108 g/mol. The molecule has 0 spiro atoms. The molecule has 0 saturated heterocycles. The summed E-state index contributed by atoms with van der Waals surface area (Å²) < 4.78 is 0. The highest BCUT2D eigenvalue weighted by molar-refractivity contribution is 6.21. The van der Waals surface area contributed by atoms with Gasteiger partial charge in [0, 0.05) is 0 Å². The second kappa shape index (κ2) is 3.53. The molecule has 0 aromatic carbocycles. The number of rotatable bonds is 1. The zero-order chi connectivity index (χ0) is 6.57. The van der Waals surface area contributed by atoms with Crippen LogP contribution in [0.3, 0.4) is 0 Å². The Bertz CT molecular complexity index is 96.3. The Morgan fingerprint density at radius 2 is 1.62 bits per heavy atom. The molecule has 0 nitrogen and oxygen atoms in total. The predicted molar refractivity (Wildman–Crippen MR) is 41.7 cm³/mol. The van der Waals surface area contributed by atoms with Gasteiger partial charge in [0.25, 0.3) is 0 Å². The highest BCUT2D eigenvalue weighted by Crippen LogP contribution is 1.91. The quantitative estimate of drug-likeness (QED) is 0.352. The first-order valence-electron chi connectivity index (χ1n) is 2.91.